The van der Waals surface area contributed by atoms with Gasteiger partial charge in [0.1, 0.15) is 10.7 Å². The number of hydrogen-bond acceptors (Lipinski definition) is 4. The molecular formula is C14H21FN2O3S. The maximum Gasteiger partial charge on any atom is 0.243 e. The van der Waals surface area contributed by atoms with Gasteiger partial charge >= 0.3 is 0 Å². The summed E-state index contributed by atoms with van der Waals surface area (Å²) in [5.41, 5.74) is 6.06. The van der Waals surface area contributed by atoms with Crippen molar-refractivity contribution in [1.29, 1.82) is 0 Å². The highest BCUT2D eigenvalue weighted by atomic mass is 32.2. The van der Waals surface area contributed by atoms with Gasteiger partial charge in [-0.25, -0.2) is 17.5 Å². The monoisotopic (exact) mass is 316 g/mol. The molecule has 0 radical (unpaired) electrons. The number of nitrogens with one attached hydrogen (secondary N) is 1. The molecule has 3 N–H and O–H groups in total. The van der Waals surface area contributed by atoms with Gasteiger partial charge in [0.05, 0.1) is 0 Å². The third-order valence-corrected chi connectivity index (χ3v) is 5.41. The van der Waals surface area contributed by atoms with Gasteiger partial charge in [-0.3, -0.25) is 0 Å². The molecule has 118 valence electrons. The van der Waals surface area contributed by atoms with E-state index in [2.05, 4.69) is 4.72 Å². The van der Waals surface area contributed by atoms with E-state index in [0.717, 1.165) is 18.9 Å². The average molecular weight is 316 g/mol. The van der Waals surface area contributed by atoms with Crippen LogP contribution >= 0.6 is 0 Å². The van der Waals surface area contributed by atoms with Gasteiger partial charge in [-0.05, 0) is 43.4 Å². The summed E-state index contributed by atoms with van der Waals surface area (Å²) >= 11 is 0. The Hall–Kier alpha value is -1.02. The summed E-state index contributed by atoms with van der Waals surface area (Å²) in [6.45, 7) is 3.23. The van der Waals surface area contributed by atoms with Crippen LogP contribution in [0, 0.1) is 11.7 Å². The third-order valence-electron chi connectivity index (χ3n) is 3.83. The highest BCUT2D eigenvalue weighted by Crippen LogP contribution is 2.22. The lowest BCUT2D eigenvalue weighted by molar-refractivity contribution is 0.0585. The van der Waals surface area contributed by atoms with Crippen LogP contribution in [-0.2, 0) is 21.3 Å². The molecule has 0 bridgehead atoms. The first-order valence-electron chi connectivity index (χ1n) is 7.02. The molecule has 1 saturated heterocycles. The van der Waals surface area contributed by atoms with E-state index < -0.39 is 15.8 Å². The van der Waals surface area contributed by atoms with Crippen LogP contribution < -0.4 is 10.5 Å². The fourth-order valence-electron chi connectivity index (χ4n) is 2.50. The van der Waals surface area contributed by atoms with Crippen molar-refractivity contribution in [1.82, 2.24) is 4.72 Å². The maximum atomic E-state index is 13.8. The van der Waals surface area contributed by atoms with Gasteiger partial charge in [0.2, 0.25) is 10.0 Å². The summed E-state index contributed by atoms with van der Waals surface area (Å²) in [5, 5.41) is 0. The molecule has 1 atom stereocenters. The number of halogens is 1. The number of hydrogen-bond donors (Lipinski definition) is 2. The Labute approximate surface area is 124 Å². The Balaban J connectivity index is 2.17. The summed E-state index contributed by atoms with van der Waals surface area (Å²) in [5.74, 6) is -0.562. The normalized spacial score (nSPS) is 18.6. The van der Waals surface area contributed by atoms with Crippen molar-refractivity contribution in [2.45, 2.75) is 37.2 Å². The number of nitrogens with two attached hydrogens (primary N) is 1. The molecule has 0 spiro atoms. The van der Waals surface area contributed by atoms with Crippen LogP contribution in [0.1, 0.15) is 25.3 Å². The van der Waals surface area contributed by atoms with Gasteiger partial charge in [0.15, 0.2) is 0 Å². The number of benzene rings is 1. The van der Waals surface area contributed by atoms with E-state index in [1.807, 2.05) is 0 Å². The van der Waals surface area contributed by atoms with Crippen molar-refractivity contribution < 1.29 is 17.5 Å². The summed E-state index contributed by atoms with van der Waals surface area (Å²) in [4.78, 5) is -0.343. The van der Waals surface area contributed by atoms with Gasteiger partial charge in [0.25, 0.3) is 0 Å². The fraction of sp³-hybridized carbons (Fsp3) is 0.571. The van der Waals surface area contributed by atoms with Crippen LogP contribution in [0.2, 0.25) is 0 Å². The molecule has 1 heterocycles. The smallest absolute Gasteiger partial charge is 0.243 e. The van der Waals surface area contributed by atoms with Gasteiger partial charge in [0, 0.05) is 25.8 Å². The molecule has 1 unspecified atom stereocenters. The molecule has 0 saturated carbocycles. The van der Waals surface area contributed by atoms with Crippen molar-refractivity contribution in [3.05, 3.63) is 29.6 Å². The van der Waals surface area contributed by atoms with Crippen LogP contribution in [-0.4, -0.2) is 27.7 Å². The quantitative estimate of drug-likeness (QED) is 0.860. The molecular weight excluding hydrogens is 295 g/mol. The van der Waals surface area contributed by atoms with E-state index in [4.69, 9.17) is 10.5 Å². The first-order valence-corrected chi connectivity index (χ1v) is 8.51. The lowest BCUT2D eigenvalue weighted by atomic mass is 9.94. The Morgan fingerprint density at radius 1 is 1.43 bits per heavy atom. The standard InChI is InChI=1S/C14H21FN2O3S/c1-10(12-4-6-20-7-5-12)17-21(18,19)14-8-11(9-16)2-3-13(14)15/h2-3,8,10,12,17H,4-7,9,16H2,1H3. The topological polar surface area (TPSA) is 81.4 Å². The first kappa shape index (κ1) is 16.4. The molecule has 1 aromatic rings. The minimum absolute atomic E-state index is 0.165. The Morgan fingerprint density at radius 2 is 2.10 bits per heavy atom. The van der Waals surface area contributed by atoms with Crippen LogP contribution in [0.5, 0.6) is 0 Å². The number of rotatable bonds is 5. The Bertz CT molecular complexity index is 586. The van der Waals surface area contributed by atoms with E-state index in [9.17, 15) is 12.8 Å². The van der Waals surface area contributed by atoms with Crippen LogP contribution in [0.4, 0.5) is 4.39 Å². The lowest BCUT2D eigenvalue weighted by Crippen LogP contribution is -2.40. The van der Waals surface area contributed by atoms with E-state index in [-0.39, 0.29) is 23.4 Å². The van der Waals surface area contributed by atoms with Crippen LogP contribution in [0.25, 0.3) is 0 Å². The van der Waals surface area contributed by atoms with Crippen LogP contribution in [0.3, 0.4) is 0 Å². The molecule has 0 amide bonds. The number of sulfonamides is 1. The van der Waals surface area contributed by atoms with E-state index in [1.165, 1.54) is 12.1 Å². The second kappa shape index (κ2) is 6.83. The second-order valence-corrected chi connectivity index (χ2v) is 7.01. The van der Waals surface area contributed by atoms with Crippen molar-refractivity contribution in [2.75, 3.05) is 13.2 Å². The summed E-state index contributed by atoms with van der Waals surface area (Å²) in [6.07, 6.45) is 1.60. The van der Waals surface area contributed by atoms with E-state index >= 15 is 0 Å². The zero-order valence-electron chi connectivity index (χ0n) is 12.0. The van der Waals surface area contributed by atoms with E-state index in [0.29, 0.717) is 18.8 Å². The SMILES string of the molecule is CC(NS(=O)(=O)c1cc(CN)ccc1F)C1CCOCC1. The molecule has 1 aliphatic rings. The van der Waals surface area contributed by atoms with Crippen molar-refractivity contribution in [2.24, 2.45) is 11.7 Å². The predicted octanol–water partition coefficient (Wildman–Crippen LogP) is 1.38. The van der Waals surface area contributed by atoms with Crippen molar-refractivity contribution in [3.8, 4) is 0 Å². The average Bonchev–Trinajstić information content (AvgIpc) is 2.48. The van der Waals surface area contributed by atoms with Gasteiger partial charge in [-0.1, -0.05) is 6.07 Å². The molecule has 5 nitrogen and oxygen atoms in total. The highest BCUT2D eigenvalue weighted by molar-refractivity contribution is 7.89. The van der Waals surface area contributed by atoms with E-state index in [1.54, 1.807) is 6.92 Å². The van der Waals surface area contributed by atoms with Gasteiger partial charge in [-0.15, -0.1) is 0 Å². The van der Waals surface area contributed by atoms with Crippen molar-refractivity contribution in [3.63, 3.8) is 0 Å². The molecule has 2 rings (SSSR count). The summed E-state index contributed by atoms with van der Waals surface area (Å²) in [6, 6.07) is 3.64. The molecule has 7 heteroatoms. The van der Waals surface area contributed by atoms with Crippen molar-refractivity contribution >= 4 is 10.0 Å². The zero-order valence-corrected chi connectivity index (χ0v) is 12.8. The molecule has 1 aliphatic heterocycles. The highest BCUT2D eigenvalue weighted by Gasteiger charge is 2.27. The van der Waals surface area contributed by atoms with Gasteiger partial charge < -0.3 is 10.5 Å². The summed E-state index contributed by atoms with van der Waals surface area (Å²) < 4.78 is 46.3. The molecule has 1 aromatic carbocycles. The zero-order chi connectivity index (χ0) is 15.5. The minimum Gasteiger partial charge on any atom is -0.381 e. The maximum absolute atomic E-state index is 13.8. The molecule has 0 aromatic heterocycles. The predicted molar refractivity (Wildman–Crippen MR) is 77.6 cm³/mol. The molecule has 0 aliphatic carbocycles. The Kier molecular flexibility index (Phi) is 5.32. The van der Waals surface area contributed by atoms with Gasteiger partial charge in [-0.2, -0.15) is 0 Å². The number of ether oxygens (including phenoxy) is 1. The molecule has 21 heavy (non-hydrogen) atoms. The first-order chi connectivity index (χ1) is 9.94. The fourth-order valence-corrected chi connectivity index (χ4v) is 3.94. The second-order valence-electron chi connectivity index (χ2n) is 5.33. The van der Waals surface area contributed by atoms with Crippen LogP contribution in [0.15, 0.2) is 23.1 Å². The lowest BCUT2D eigenvalue weighted by Gasteiger charge is -2.28. The Morgan fingerprint density at radius 3 is 2.71 bits per heavy atom. The molecule has 1 fully saturated rings. The summed E-state index contributed by atoms with van der Waals surface area (Å²) in [7, 11) is -3.89. The minimum atomic E-state index is -3.89. The third kappa shape index (κ3) is 4.00. The largest absolute Gasteiger partial charge is 0.381 e.